The van der Waals surface area contributed by atoms with E-state index >= 15 is 0 Å². The van der Waals surface area contributed by atoms with Gasteiger partial charge in [-0.05, 0) is 12.8 Å². The predicted molar refractivity (Wildman–Crippen MR) is 99.9 cm³/mol. The van der Waals surface area contributed by atoms with E-state index in [0.29, 0.717) is 43.4 Å². The number of piperidine rings is 1. The van der Waals surface area contributed by atoms with Crippen molar-refractivity contribution in [1.29, 1.82) is 0 Å². The van der Waals surface area contributed by atoms with E-state index in [1.54, 1.807) is 15.5 Å². The first kappa shape index (κ1) is 18.9. The maximum Gasteiger partial charge on any atom is 0.254 e. The van der Waals surface area contributed by atoms with Crippen molar-refractivity contribution < 1.29 is 9.59 Å². The van der Waals surface area contributed by atoms with Crippen LogP contribution in [0.15, 0.2) is 16.0 Å². The van der Waals surface area contributed by atoms with Crippen molar-refractivity contribution in [2.75, 3.05) is 18.8 Å². The molecule has 0 bridgehead atoms. The van der Waals surface area contributed by atoms with Crippen LogP contribution in [0, 0.1) is 11.8 Å². The molecule has 142 valence electrons. The summed E-state index contributed by atoms with van der Waals surface area (Å²) in [6.07, 6.45) is 1.24. The number of carbonyl (C=O) groups is 2. The van der Waals surface area contributed by atoms with Gasteiger partial charge in [-0.3, -0.25) is 19.0 Å². The van der Waals surface area contributed by atoms with E-state index in [9.17, 15) is 14.4 Å². The number of hydrogen-bond donors (Lipinski definition) is 1. The Hall–Kier alpha value is -1.83. The number of primary amides is 1. The fourth-order valence-corrected chi connectivity index (χ4v) is 4.47. The van der Waals surface area contributed by atoms with Crippen LogP contribution in [0.4, 0.5) is 0 Å². The van der Waals surface area contributed by atoms with Gasteiger partial charge in [0.15, 0.2) is 5.16 Å². The van der Waals surface area contributed by atoms with Crippen LogP contribution < -0.4 is 11.3 Å². The van der Waals surface area contributed by atoms with Gasteiger partial charge in [-0.15, -0.1) is 0 Å². The van der Waals surface area contributed by atoms with Crippen LogP contribution in [0.5, 0.6) is 0 Å². The number of nitrogens with two attached hydrogens (primary N) is 1. The third kappa shape index (κ3) is 3.79. The molecule has 1 aromatic heterocycles. The van der Waals surface area contributed by atoms with Crippen molar-refractivity contribution in [1.82, 2.24) is 14.5 Å². The predicted octanol–water partition coefficient (Wildman–Crippen LogP) is 0.987. The number of rotatable bonds is 2. The molecule has 2 N–H and O–H groups in total. The first-order valence-electron chi connectivity index (χ1n) is 9.00. The number of likely N-dealkylation sites (tertiary alicyclic amines) is 1. The lowest BCUT2D eigenvalue weighted by molar-refractivity contribution is -0.138. The molecule has 2 amide bonds. The summed E-state index contributed by atoms with van der Waals surface area (Å²) in [6.45, 7) is 7.56. The fraction of sp³-hybridized carbons (Fsp3) is 0.667. The molecule has 1 saturated heterocycles. The molecule has 0 aromatic carbocycles. The molecule has 7 nitrogen and oxygen atoms in total. The Bertz CT molecular complexity index is 776. The number of hydrogen-bond acceptors (Lipinski definition) is 5. The summed E-state index contributed by atoms with van der Waals surface area (Å²) in [5, 5.41) is 0.693. The quantitative estimate of drug-likeness (QED) is 0.774. The molecular formula is C18H26N4O3S. The van der Waals surface area contributed by atoms with Crippen LogP contribution in [0.25, 0.3) is 0 Å². The summed E-state index contributed by atoms with van der Waals surface area (Å²) < 4.78 is 1.61. The van der Waals surface area contributed by atoms with Crippen molar-refractivity contribution in [3.63, 3.8) is 0 Å². The second kappa shape index (κ2) is 7.06. The van der Waals surface area contributed by atoms with E-state index in [4.69, 9.17) is 5.73 Å². The van der Waals surface area contributed by atoms with Crippen molar-refractivity contribution in [3.8, 4) is 0 Å². The van der Waals surface area contributed by atoms with Crippen molar-refractivity contribution >= 4 is 23.6 Å². The van der Waals surface area contributed by atoms with Crippen LogP contribution >= 0.6 is 11.8 Å². The molecule has 3 heterocycles. The number of thioether (sulfide) groups is 1. The second-order valence-electron chi connectivity index (χ2n) is 8.13. The van der Waals surface area contributed by atoms with Gasteiger partial charge in [-0.1, -0.05) is 32.5 Å². The Morgan fingerprint density at radius 3 is 2.46 bits per heavy atom. The monoisotopic (exact) mass is 378 g/mol. The Morgan fingerprint density at radius 2 is 1.88 bits per heavy atom. The zero-order chi connectivity index (χ0) is 19.1. The van der Waals surface area contributed by atoms with Gasteiger partial charge < -0.3 is 10.6 Å². The van der Waals surface area contributed by atoms with Crippen LogP contribution in [-0.2, 0) is 21.5 Å². The first-order chi connectivity index (χ1) is 12.2. The number of amides is 2. The van der Waals surface area contributed by atoms with Crippen molar-refractivity contribution in [2.24, 2.45) is 17.6 Å². The van der Waals surface area contributed by atoms with Crippen LogP contribution in [0.3, 0.4) is 0 Å². The molecule has 1 aromatic rings. The van der Waals surface area contributed by atoms with Gasteiger partial charge in [0.2, 0.25) is 11.8 Å². The van der Waals surface area contributed by atoms with E-state index in [2.05, 4.69) is 4.98 Å². The molecule has 1 atom stereocenters. The minimum Gasteiger partial charge on any atom is -0.369 e. The average molecular weight is 378 g/mol. The molecule has 0 spiro atoms. The summed E-state index contributed by atoms with van der Waals surface area (Å²) in [4.78, 5) is 43.1. The first-order valence-corrected chi connectivity index (χ1v) is 9.98. The highest BCUT2D eigenvalue weighted by atomic mass is 32.2. The van der Waals surface area contributed by atoms with Gasteiger partial charge >= 0.3 is 0 Å². The highest BCUT2D eigenvalue weighted by molar-refractivity contribution is 7.99. The summed E-state index contributed by atoms with van der Waals surface area (Å²) in [5.74, 6) is 0.0133. The Kier molecular flexibility index (Phi) is 5.14. The molecule has 26 heavy (non-hydrogen) atoms. The van der Waals surface area contributed by atoms with E-state index < -0.39 is 0 Å². The van der Waals surface area contributed by atoms with E-state index in [0.717, 1.165) is 5.69 Å². The van der Waals surface area contributed by atoms with Crippen molar-refractivity contribution in [3.05, 3.63) is 22.1 Å². The molecule has 0 aliphatic carbocycles. The maximum atomic E-state index is 12.8. The third-order valence-electron chi connectivity index (χ3n) is 5.12. The molecule has 1 unspecified atom stereocenters. The number of fused-ring (bicyclic) bond motifs is 1. The zero-order valence-electron chi connectivity index (χ0n) is 15.5. The summed E-state index contributed by atoms with van der Waals surface area (Å²) in [5.41, 5.74) is 5.84. The summed E-state index contributed by atoms with van der Waals surface area (Å²) in [6, 6.07) is 1.58. The zero-order valence-corrected chi connectivity index (χ0v) is 16.3. The van der Waals surface area contributed by atoms with Gasteiger partial charge in [0.1, 0.15) is 0 Å². The standard InChI is InChI=1S/C18H26N4O3S/c1-18(2,3)13-8-14(23)22-9-12(10-26-17(22)20-13)16(25)21-6-4-11(5-7-21)15(19)24/h8,11-12H,4-7,9-10H2,1-3H3,(H2,19,24). The lowest BCUT2D eigenvalue weighted by Crippen LogP contribution is -2.47. The van der Waals surface area contributed by atoms with Crippen molar-refractivity contribution in [2.45, 2.75) is 50.7 Å². The van der Waals surface area contributed by atoms with Gasteiger partial charge in [0, 0.05) is 42.8 Å². The second-order valence-corrected chi connectivity index (χ2v) is 9.12. The Morgan fingerprint density at radius 1 is 1.23 bits per heavy atom. The fourth-order valence-electron chi connectivity index (χ4n) is 3.39. The van der Waals surface area contributed by atoms with Gasteiger partial charge in [0.25, 0.3) is 5.56 Å². The molecule has 1 fully saturated rings. The Labute approximate surface area is 157 Å². The van der Waals surface area contributed by atoms with Crippen LogP contribution in [-0.4, -0.2) is 45.1 Å². The number of nitrogens with zero attached hydrogens (tertiary/aromatic N) is 3. The normalized spacial score (nSPS) is 21.3. The lowest BCUT2D eigenvalue weighted by atomic mass is 9.92. The summed E-state index contributed by atoms with van der Waals surface area (Å²) >= 11 is 1.47. The van der Waals surface area contributed by atoms with E-state index in [1.807, 2.05) is 20.8 Å². The van der Waals surface area contributed by atoms with Crippen LogP contribution in [0.1, 0.15) is 39.3 Å². The molecule has 8 heteroatoms. The van der Waals surface area contributed by atoms with Gasteiger partial charge in [-0.25, -0.2) is 4.98 Å². The maximum absolute atomic E-state index is 12.8. The largest absolute Gasteiger partial charge is 0.369 e. The molecule has 2 aliphatic heterocycles. The molecule has 0 saturated carbocycles. The SMILES string of the molecule is CC(C)(C)c1cc(=O)n2c(n1)SCC(C(=O)N1CCC(C(N)=O)CC1)C2. The number of carbonyl (C=O) groups excluding carboxylic acids is 2. The lowest BCUT2D eigenvalue weighted by Gasteiger charge is -2.34. The van der Waals surface area contributed by atoms with Gasteiger partial charge in [-0.2, -0.15) is 0 Å². The molecule has 0 radical (unpaired) electrons. The molecular weight excluding hydrogens is 352 g/mol. The molecule has 2 aliphatic rings. The smallest absolute Gasteiger partial charge is 0.254 e. The topological polar surface area (TPSA) is 98.3 Å². The van der Waals surface area contributed by atoms with E-state index in [-0.39, 0.29) is 34.6 Å². The highest BCUT2D eigenvalue weighted by Crippen LogP contribution is 2.29. The number of aromatic nitrogens is 2. The average Bonchev–Trinajstić information content (AvgIpc) is 2.60. The van der Waals surface area contributed by atoms with Gasteiger partial charge in [0.05, 0.1) is 11.6 Å². The Balaban J connectivity index is 1.72. The highest BCUT2D eigenvalue weighted by Gasteiger charge is 2.33. The third-order valence-corrected chi connectivity index (χ3v) is 6.26. The van der Waals surface area contributed by atoms with Crippen LogP contribution in [0.2, 0.25) is 0 Å². The van der Waals surface area contributed by atoms with E-state index in [1.165, 1.54) is 11.8 Å². The minimum absolute atomic E-state index is 0.0536. The molecule has 3 rings (SSSR count). The summed E-state index contributed by atoms with van der Waals surface area (Å²) in [7, 11) is 0. The minimum atomic E-state index is -0.286.